The van der Waals surface area contributed by atoms with Crippen molar-refractivity contribution in [2.45, 2.75) is 19.4 Å². The average Bonchev–Trinajstić information content (AvgIpc) is 2.76. The van der Waals surface area contributed by atoms with Gasteiger partial charge < -0.3 is 15.5 Å². The number of pyridine rings is 1. The second-order valence-corrected chi connectivity index (χ2v) is 4.85. The lowest BCUT2D eigenvalue weighted by atomic mass is 10.2. The van der Waals surface area contributed by atoms with Gasteiger partial charge in [-0.15, -0.1) is 0 Å². The Hall–Kier alpha value is -1.95. The van der Waals surface area contributed by atoms with Crippen LogP contribution in [0.1, 0.15) is 25.1 Å². The Morgan fingerprint density at radius 3 is 2.95 bits per heavy atom. The number of carbonyl (C=O) groups excluding carboxylic acids is 2. The molecule has 1 saturated heterocycles. The van der Waals surface area contributed by atoms with Crippen LogP contribution in [0.25, 0.3) is 0 Å². The lowest BCUT2D eigenvalue weighted by Gasteiger charge is -2.20. The van der Waals surface area contributed by atoms with E-state index in [-0.39, 0.29) is 6.04 Å². The van der Waals surface area contributed by atoms with Crippen LogP contribution in [0.15, 0.2) is 24.4 Å². The van der Waals surface area contributed by atoms with Gasteiger partial charge in [-0.1, -0.05) is 6.07 Å². The highest BCUT2D eigenvalue weighted by atomic mass is 16.2. The van der Waals surface area contributed by atoms with Gasteiger partial charge in [0.05, 0.1) is 11.7 Å². The quantitative estimate of drug-likeness (QED) is 0.750. The molecule has 6 heteroatoms. The molecule has 0 radical (unpaired) electrons. The smallest absolute Gasteiger partial charge is 0.311 e. The van der Waals surface area contributed by atoms with Crippen molar-refractivity contribution < 1.29 is 9.59 Å². The Balaban J connectivity index is 1.92. The second kappa shape index (κ2) is 7.00. The van der Waals surface area contributed by atoms with Gasteiger partial charge in [0, 0.05) is 25.8 Å². The standard InChI is InChI=1S/C14H20N4O2/c1-11(12-5-2-3-7-16-12)17-13(19)14(20)18-9-4-6-15-8-10-18/h2-3,5,7,11,15H,4,6,8-10H2,1H3,(H,17,19). The normalized spacial score (nSPS) is 17.1. The summed E-state index contributed by atoms with van der Waals surface area (Å²) in [6, 6.07) is 5.21. The Morgan fingerprint density at radius 2 is 2.20 bits per heavy atom. The molecular formula is C14H20N4O2. The first-order valence-electron chi connectivity index (χ1n) is 6.90. The van der Waals surface area contributed by atoms with Crippen LogP contribution in [-0.2, 0) is 9.59 Å². The monoisotopic (exact) mass is 276 g/mol. The second-order valence-electron chi connectivity index (χ2n) is 4.85. The number of nitrogens with one attached hydrogen (secondary N) is 2. The van der Waals surface area contributed by atoms with Crippen LogP contribution in [0.5, 0.6) is 0 Å². The van der Waals surface area contributed by atoms with Gasteiger partial charge >= 0.3 is 11.8 Å². The Labute approximate surface area is 118 Å². The Morgan fingerprint density at radius 1 is 1.35 bits per heavy atom. The van der Waals surface area contributed by atoms with Crippen LogP contribution in [0.3, 0.4) is 0 Å². The highest BCUT2D eigenvalue weighted by Crippen LogP contribution is 2.08. The first-order chi connectivity index (χ1) is 9.68. The van der Waals surface area contributed by atoms with Crippen molar-refractivity contribution in [2.75, 3.05) is 26.2 Å². The molecule has 2 N–H and O–H groups in total. The summed E-state index contributed by atoms with van der Waals surface area (Å²) in [5.74, 6) is -1.03. The van der Waals surface area contributed by atoms with E-state index in [1.165, 1.54) is 0 Å². The molecule has 0 aliphatic carbocycles. The lowest BCUT2D eigenvalue weighted by molar-refractivity contribution is -0.146. The van der Waals surface area contributed by atoms with Crippen LogP contribution in [0, 0.1) is 0 Å². The van der Waals surface area contributed by atoms with E-state index in [1.807, 2.05) is 25.1 Å². The number of rotatable bonds is 2. The number of amides is 2. The summed E-state index contributed by atoms with van der Waals surface area (Å²) in [7, 11) is 0. The number of hydrogen-bond donors (Lipinski definition) is 2. The molecule has 0 bridgehead atoms. The molecule has 1 aliphatic rings. The van der Waals surface area contributed by atoms with Crippen LogP contribution in [-0.4, -0.2) is 47.9 Å². The molecule has 2 rings (SSSR count). The van der Waals surface area contributed by atoms with Crippen molar-refractivity contribution in [1.29, 1.82) is 0 Å². The van der Waals surface area contributed by atoms with E-state index >= 15 is 0 Å². The molecule has 1 unspecified atom stereocenters. The lowest BCUT2D eigenvalue weighted by Crippen LogP contribution is -2.45. The molecule has 2 amide bonds. The number of hydrogen-bond acceptors (Lipinski definition) is 4. The molecule has 108 valence electrons. The van der Waals surface area contributed by atoms with Crippen molar-refractivity contribution in [3.05, 3.63) is 30.1 Å². The summed E-state index contributed by atoms with van der Waals surface area (Å²) in [6.45, 7) is 4.63. The van der Waals surface area contributed by atoms with Crippen molar-refractivity contribution in [3.8, 4) is 0 Å². The molecule has 2 heterocycles. The summed E-state index contributed by atoms with van der Waals surface area (Å²) in [5, 5.41) is 5.90. The maximum absolute atomic E-state index is 12.1. The topological polar surface area (TPSA) is 74.3 Å². The number of nitrogens with zero attached hydrogens (tertiary/aromatic N) is 2. The zero-order valence-electron chi connectivity index (χ0n) is 11.6. The third-order valence-corrected chi connectivity index (χ3v) is 3.30. The maximum atomic E-state index is 12.1. The zero-order valence-corrected chi connectivity index (χ0v) is 11.6. The molecule has 1 aromatic rings. The third-order valence-electron chi connectivity index (χ3n) is 3.30. The van der Waals surface area contributed by atoms with E-state index in [4.69, 9.17) is 0 Å². The van der Waals surface area contributed by atoms with Gasteiger partial charge in [-0.05, 0) is 32.0 Å². The summed E-state index contributed by atoms with van der Waals surface area (Å²) in [6.07, 6.45) is 2.54. The minimum Gasteiger partial charge on any atom is -0.340 e. The Kier molecular flexibility index (Phi) is 5.06. The molecule has 20 heavy (non-hydrogen) atoms. The van der Waals surface area contributed by atoms with Crippen molar-refractivity contribution in [2.24, 2.45) is 0 Å². The molecule has 0 saturated carbocycles. The van der Waals surface area contributed by atoms with E-state index < -0.39 is 11.8 Å². The molecule has 1 fully saturated rings. The Bertz CT molecular complexity index is 456. The van der Waals surface area contributed by atoms with Crippen LogP contribution in [0.2, 0.25) is 0 Å². The molecule has 0 spiro atoms. The highest BCUT2D eigenvalue weighted by molar-refractivity contribution is 6.35. The fourth-order valence-corrected chi connectivity index (χ4v) is 2.16. The van der Waals surface area contributed by atoms with Gasteiger partial charge in [-0.2, -0.15) is 0 Å². The number of aromatic nitrogens is 1. The maximum Gasteiger partial charge on any atom is 0.311 e. The van der Waals surface area contributed by atoms with Gasteiger partial charge in [0.15, 0.2) is 0 Å². The minimum atomic E-state index is -0.565. The van der Waals surface area contributed by atoms with Crippen LogP contribution in [0.4, 0.5) is 0 Å². The minimum absolute atomic E-state index is 0.280. The van der Waals surface area contributed by atoms with Crippen LogP contribution >= 0.6 is 0 Å². The van der Waals surface area contributed by atoms with Crippen molar-refractivity contribution >= 4 is 11.8 Å². The SMILES string of the molecule is CC(NC(=O)C(=O)N1CCCNCC1)c1ccccn1. The molecule has 1 atom stereocenters. The summed E-state index contributed by atoms with van der Waals surface area (Å²) >= 11 is 0. The van der Waals surface area contributed by atoms with Crippen LogP contribution < -0.4 is 10.6 Å². The molecular weight excluding hydrogens is 256 g/mol. The highest BCUT2D eigenvalue weighted by Gasteiger charge is 2.24. The predicted molar refractivity (Wildman–Crippen MR) is 74.9 cm³/mol. The molecule has 6 nitrogen and oxygen atoms in total. The fraction of sp³-hybridized carbons (Fsp3) is 0.500. The first-order valence-corrected chi connectivity index (χ1v) is 6.90. The summed E-state index contributed by atoms with van der Waals surface area (Å²) in [5.41, 5.74) is 0.742. The summed E-state index contributed by atoms with van der Waals surface area (Å²) in [4.78, 5) is 29.8. The zero-order chi connectivity index (χ0) is 14.4. The average molecular weight is 276 g/mol. The van der Waals surface area contributed by atoms with Gasteiger partial charge in [0.2, 0.25) is 0 Å². The van der Waals surface area contributed by atoms with Crippen molar-refractivity contribution in [3.63, 3.8) is 0 Å². The molecule has 1 aromatic heterocycles. The van der Waals surface area contributed by atoms with Gasteiger partial charge in [-0.3, -0.25) is 14.6 Å². The first kappa shape index (κ1) is 14.5. The van der Waals surface area contributed by atoms with Gasteiger partial charge in [-0.25, -0.2) is 0 Å². The predicted octanol–water partition coefficient (Wildman–Crippen LogP) is 0.0807. The number of carbonyl (C=O) groups is 2. The van der Waals surface area contributed by atoms with Gasteiger partial charge in [0.1, 0.15) is 0 Å². The van der Waals surface area contributed by atoms with E-state index in [0.717, 1.165) is 25.2 Å². The van der Waals surface area contributed by atoms with E-state index in [1.54, 1.807) is 11.1 Å². The van der Waals surface area contributed by atoms with E-state index in [2.05, 4.69) is 15.6 Å². The third kappa shape index (κ3) is 3.77. The van der Waals surface area contributed by atoms with E-state index in [9.17, 15) is 9.59 Å². The fourth-order valence-electron chi connectivity index (χ4n) is 2.16. The van der Waals surface area contributed by atoms with E-state index in [0.29, 0.717) is 13.1 Å². The molecule has 0 aromatic carbocycles. The largest absolute Gasteiger partial charge is 0.340 e. The summed E-state index contributed by atoms with van der Waals surface area (Å²) < 4.78 is 0. The van der Waals surface area contributed by atoms with Crippen molar-refractivity contribution in [1.82, 2.24) is 20.5 Å². The molecule has 1 aliphatic heterocycles. The van der Waals surface area contributed by atoms with Gasteiger partial charge in [0.25, 0.3) is 0 Å².